The minimum Gasteiger partial charge on any atom is -0.359 e. The SMILES string of the molecule is CNC(=O)[C@@H]1CCCN[C@H]1C. The Morgan fingerprint density at radius 2 is 2.36 bits per heavy atom. The smallest absolute Gasteiger partial charge is 0.224 e. The van der Waals surface area contributed by atoms with Crippen LogP contribution in [0.25, 0.3) is 0 Å². The Balaban J connectivity index is 2.47. The van der Waals surface area contributed by atoms with Crippen LogP contribution < -0.4 is 10.6 Å². The van der Waals surface area contributed by atoms with Crippen molar-refractivity contribution in [1.82, 2.24) is 10.6 Å². The van der Waals surface area contributed by atoms with Gasteiger partial charge in [-0.2, -0.15) is 0 Å². The third-order valence-corrected chi connectivity index (χ3v) is 2.34. The first-order chi connectivity index (χ1) is 5.25. The lowest BCUT2D eigenvalue weighted by atomic mass is 9.91. The second-order valence-electron chi connectivity index (χ2n) is 3.11. The molecular formula is C8H16N2O. The van der Waals surface area contributed by atoms with Crippen LogP contribution in [0, 0.1) is 5.92 Å². The van der Waals surface area contributed by atoms with Crippen molar-refractivity contribution < 1.29 is 4.79 Å². The molecule has 64 valence electrons. The number of rotatable bonds is 1. The van der Waals surface area contributed by atoms with Gasteiger partial charge in [-0.1, -0.05) is 0 Å². The number of hydrogen-bond donors (Lipinski definition) is 2. The van der Waals surface area contributed by atoms with E-state index in [9.17, 15) is 4.79 Å². The van der Waals surface area contributed by atoms with Crippen LogP contribution >= 0.6 is 0 Å². The van der Waals surface area contributed by atoms with Gasteiger partial charge in [-0.05, 0) is 26.3 Å². The standard InChI is InChI=1S/C8H16N2O/c1-6-7(8(11)9-2)4-3-5-10-6/h6-7,10H,3-5H2,1-2H3,(H,9,11)/t6-,7+/m0/s1. The van der Waals surface area contributed by atoms with Crippen LogP contribution in [-0.4, -0.2) is 25.5 Å². The Morgan fingerprint density at radius 3 is 2.91 bits per heavy atom. The molecule has 11 heavy (non-hydrogen) atoms. The number of piperidine rings is 1. The van der Waals surface area contributed by atoms with Gasteiger partial charge in [0.1, 0.15) is 0 Å². The lowest BCUT2D eigenvalue weighted by Crippen LogP contribution is -2.45. The van der Waals surface area contributed by atoms with Gasteiger partial charge in [0, 0.05) is 13.1 Å². The van der Waals surface area contributed by atoms with Gasteiger partial charge in [0.15, 0.2) is 0 Å². The summed E-state index contributed by atoms with van der Waals surface area (Å²) in [6, 6.07) is 0.337. The summed E-state index contributed by atoms with van der Waals surface area (Å²) < 4.78 is 0. The van der Waals surface area contributed by atoms with Crippen molar-refractivity contribution in [1.29, 1.82) is 0 Å². The van der Waals surface area contributed by atoms with Gasteiger partial charge in [-0.15, -0.1) is 0 Å². The molecule has 1 aliphatic rings. The van der Waals surface area contributed by atoms with Crippen LogP contribution in [0.2, 0.25) is 0 Å². The van der Waals surface area contributed by atoms with Gasteiger partial charge < -0.3 is 10.6 Å². The van der Waals surface area contributed by atoms with Gasteiger partial charge in [-0.3, -0.25) is 4.79 Å². The molecule has 0 unspecified atom stereocenters. The average Bonchev–Trinajstić information content (AvgIpc) is 2.04. The number of hydrogen-bond acceptors (Lipinski definition) is 2. The first-order valence-corrected chi connectivity index (χ1v) is 4.20. The van der Waals surface area contributed by atoms with E-state index in [4.69, 9.17) is 0 Å². The van der Waals surface area contributed by atoms with Gasteiger partial charge in [-0.25, -0.2) is 0 Å². The van der Waals surface area contributed by atoms with Gasteiger partial charge in [0.05, 0.1) is 5.92 Å². The predicted octanol–water partition coefficient (Wildman–Crippen LogP) is 0.120. The number of carbonyl (C=O) groups is 1. The van der Waals surface area contributed by atoms with E-state index in [-0.39, 0.29) is 11.8 Å². The van der Waals surface area contributed by atoms with E-state index in [0.717, 1.165) is 19.4 Å². The zero-order valence-corrected chi connectivity index (χ0v) is 7.18. The van der Waals surface area contributed by atoms with Crippen molar-refractivity contribution in [3.8, 4) is 0 Å². The monoisotopic (exact) mass is 156 g/mol. The summed E-state index contributed by atoms with van der Waals surface area (Å²) in [5, 5.41) is 5.97. The van der Waals surface area contributed by atoms with Crippen molar-refractivity contribution in [2.45, 2.75) is 25.8 Å². The summed E-state index contributed by atoms with van der Waals surface area (Å²) in [5.41, 5.74) is 0. The summed E-state index contributed by atoms with van der Waals surface area (Å²) in [7, 11) is 1.70. The molecule has 3 nitrogen and oxygen atoms in total. The molecule has 1 amide bonds. The molecule has 1 heterocycles. The van der Waals surface area contributed by atoms with Crippen molar-refractivity contribution in [3.05, 3.63) is 0 Å². The average molecular weight is 156 g/mol. The minimum atomic E-state index is 0.171. The van der Waals surface area contributed by atoms with Crippen molar-refractivity contribution in [3.63, 3.8) is 0 Å². The van der Waals surface area contributed by atoms with E-state index in [1.807, 2.05) is 0 Å². The maximum absolute atomic E-state index is 11.2. The molecular weight excluding hydrogens is 140 g/mol. The van der Waals surface area contributed by atoms with Crippen molar-refractivity contribution in [2.24, 2.45) is 5.92 Å². The first-order valence-electron chi connectivity index (χ1n) is 4.20. The normalized spacial score (nSPS) is 31.5. The minimum absolute atomic E-state index is 0.171. The summed E-state index contributed by atoms with van der Waals surface area (Å²) in [4.78, 5) is 11.2. The van der Waals surface area contributed by atoms with Crippen LogP contribution in [-0.2, 0) is 4.79 Å². The van der Waals surface area contributed by atoms with E-state index in [1.165, 1.54) is 0 Å². The molecule has 0 aliphatic carbocycles. The molecule has 0 aromatic heterocycles. The molecule has 1 fully saturated rings. The molecule has 2 atom stereocenters. The lowest BCUT2D eigenvalue weighted by Gasteiger charge is -2.28. The zero-order chi connectivity index (χ0) is 8.27. The van der Waals surface area contributed by atoms with E-state index in [1.54, 1.807) is 7.05 Å². The molecule has 0 radical (unpaired) electrons. The highest BCUT2D eigenvalue weighted by molar-refractivity contribution is 5.79. The van der Waals surface area contributed by atoms with Gasteiger partial charge >= 0.3 is 0 Å². The van der Waals surface area contributed by atoms with Crippen LogP contribution in [0.1, 0.15) is 19.8 Å². The molecule has 1 rings (SSSR count). The molecule has 2 N–H and O–H groups in total. The number of nitrogens with one attached hydrogen (secondary N) is 2. The maximum atomic E-state index is 11.2. The topological polar surface area (TPSA) is 41.1 Å². The third kappa shape index (κ3) is 1.93. The van der Waals surface area contributed by atoms with E-state index >= 15 is 0 Å². The maximum Gasteiger partial charge on any atom is 0.224 e. The van der Waals surface area contributed by atoms with Crippen molar-refractivity contribution in [2.75, 3.05) is 13.6 Å². The summed E-state index contributed by atoms with van der Waals surface area (Å²) >= 11 is 0. The van der Waals surface area contributed by atoms with Gasteiger partial charge in [0.25, 0.3) is 0 Å². The fourth-order valence-corrected chi connectivity index (χ4v) is 1.59. The largest absolute Gasteiger partial charge is 0.359 e. The Labute approximate surface area is 67.5 Å². The predicted molar refractivity (Wildman–Crippen MR) is 44.3 cm³/mol. The van der Waals surface area contributed by atoms with Gasteiger partial charge in [0.2, 0.25) is 5.91 Å². The first kappa shape index (κ1) is 8.53. The zero-order valence-electron chi connectivity index (χ0n) is 7.18. The quantitative estimate of drug-likeness (QED) is 0.566. The molecule has 0 bridgehead atoms. The van der Waals surface area contributed by atoms with Crippen LogP contribution in [0.4, 0.5) is 0 Å². The molecule has 0 saturated carbocycles. The Bertz CT molecular complexity index is 147. The van der Waals surface area contributed by atoms with Crippen LogP contribution in [0.5, 0.6) is 0 Å². The highest BCUT2D eigenvalue weighted by Gasteiger charge is 2.26. The Kier molecular flexibility index (Phi) is 2.88. The molecule has 1 aliphatic heterocycles. The summed E-state index contributed by atoms with van der Waals surface area (Å²) in [5.74, 6) is 0.346. The number of amides is 1. The van der Waals surface area contributed by atoms with Crippen LogP contribution in [0.15, 0.2) is 0 Å². The second kappa shape index (κ2) is 3.72. The summed E-state index contributed by atoms with van der Waals surface area (Å²) in [6.07, 6.45) is 2.14. The van der Waals surface area contributed by atoms with Crippen molar-refractivity contribution >= 4 is 5.91 Å². The molecule has 0 aromatic carbocycles. The fraction of sp³-hybridized carbons (Fsp3) is 0.875. The Hall–Kier alpha value is -0.570. The molecule has 1 saturated heterocycles. The fourth-order valence-electron chi connectivity index (χ4n) is 1.59. The Morgan fingerprint density at radius 1 is 1.64 bits per heavy atom. The van der Waals surface area contributed by atoms with E-state index in [2.05, 4.69) is 17.6 Å². The number of carbonyl (C=O) groups excluding carboxylic acids is 1. The third-order valence-electron chi connectivity index (χ3n) is 2.34. The molecule has 0 aromatic rings. The highest BCUT2D eigenvalue weighted by atomic mass is 16.1. The lowest BCUT2D eigenvalue weighted by molar-refractivity contribution is -0.126. The molecule has 0 spiro atoms. The highest BCUT2D eigenvalue weighted by Crippen LogP contribution is 2.15. The van der Waals surface area contributed by atoms with Crippen LogP contribution in [0.3, 0.4) is 0 Å². The van der Waals surface area contributed by atoms with E-state index < -0.39 is 0 Å². The molecule has 3 heteroatoms. The summed E-state index contributed by atoms with van der Waals surface area (Å²) in [6.45, 7) is 3.12. The van der Waals surface area contributed by atoms with E-state index in [0.29, 0.717) is 6.04 Å². The second-order valence-corrected chi connectivity index (χ2v) is 3.11.